The predicted octanol–water partition coefficient (Wildman–Crippen LogP) is 5.30. The van der Waals surface area contributed by atoms with E-state index in [1.165, 1.54) is 24.3 Å². The van der Waals surface area contributed by atoms with Crippen LogP contribution >= 0.6 is 0 Å². The number of carbonyl (C=O) groups is 1. The van der Waals surface area contributed by atoms with Crippen molar-refractivity contribution in [2.45, 2.75) is 0 Å². The second-order valence-corrected chi connectivity index (χ2v) is 6.19. The maximum absolute atomic E-state index is 12.3. The number of ether oxygens (including phenoxy) is 3. The van der Waals surface area contributed by atoms with Crippen LogP contribution in [0.4, 0.5) is 5.69 Å². The quantitative estimate of drug-likeness (QED) is 0.219. The molecule has 0 heterocycles. The molecule has 0 atom stereocenters. The summed E-state index contributed by atoms with van der Waals surface area (Å²) in [7, 11) is 3.10. The molecule has 0 spiro atoms. The van der Waals surface area contributed by atoms with Crippen molar-refractivity contribution in [3.8, 4) is 23.0 Å². The van der Waals surface area contributed by atoms with Crippen LogP contribution in [0, 0.1) is 10.1 Å². The second kappa shape index (κ2) is 9.38. The third kappa shape index (κ3) is 5.02. The van der Waals surface area contributed by atoms with Crippen LogP contribution in [0.25, 0.3) is 6.08 Å². The van der Waals surface area contributed by atoms with Crippen LogP contribution in [0.1, 0.15) is 15.9 Å². The molecule has 30 heavy (non-hydrogen) atoms. The van der Waals surface area contributed by atoms with Gasteiger partial charge in [-0.25, -0.2) is 0 Å². The average Bonchev–Trinajstić information content (AvgIpc) is 2.78. The fourth-order valence-corrected chi connectivity index (χ4v) is 2.66. The molecule has 0 aliphatic rings. The summed E-state index contributed by atoms with van der Waals surface area (Å²) < 4.78 is 15.8. The zero-order valence-electron chi connectivity index (χ0n) is 16.4. The van der Waals surface area contributed by atoms with Gasteiger partial charge < -0.3 is 14.2 Å². The Kier molecular flexibility index (Phi) is 6.44. The number of rotatable bonds is 8. The Balaban J connectivity index is 1.78. The molecule has 0 saturated carbocycles. The molecule has 7 nitrogen and oxygen atoms in total. The Morgan fingerprint density at radius 1 is 0.867 bits per heavy atom. The van der Waals surface area contributed by atoms with Crippen LogP contribution < -0.4 is 14.2 Å². The van der Waals surface area contributed by atoms with E-state index in [4.69, 9.17) is 14.2 Å². The van der Waals surface area contributed by atoms with Crippen LogP contribution in [0.15, 0.2) is 72.8 Å². The summed E-state index contributed by atoms with van der Waals surface area (Å²) in [6.07, 6.45) is 2.89. The predicted molar refractivity (Wildman–Crippen MR) is 113 cm³/mol. The van der Waals surface area contributed by atoms with Crippen molar-refractivity contribution in [3.05, 3.63) is 94.0 Å². The van der Waals surface area contributed by atoms with Crippen molar-refractivity contribution in [3.63, 3.8) is 0 Å². The first-order valence-corrected chi connectivity index (χ1v) is 8.97. The molecule has 0 aliphatic carbocycles. The van der Waals surface area contributed by atoms with Gasteiger partial charge in [0, 0.05) is 11.6 Å². The Bertz CT molecular complexity index is 1070. The number of nitro groups is 1. The second-order valence-electron chi connectivity index (χ2n) is 6.19. The van der Waals surface area contributed by atoms with Gasteiger partial charge in [0.25, 0.3) is 0 Å². The average molecular weight is 405 g/mol. The highest BCUT2D eigenvalue weighted by Crippen LogP contribution is 2.33. The van der Waals surface area contributed by atoms with E-state index in [2.05, 4.69) is 0 Å². The molecule has 0 aliphatic heterocycles. The monoisotopic (exact) mass is 405 g/mol. The third-order valence-electron chi connectivity index (χ3n) is 4.27. The number of ketones is 1. The van der Waals surface area contributed by atoms with E-state index in [9.17, 15) is 14.9 Å². The Morgan fingerprint density at radius 3 is 2.00 bits per heavy atom. The summed E-state index contributed by atoms with van der Waals surface area (Å²) in [6.45, 7) is 0. The molecule has 3 aromatic rings. The minimum absolute atomic E-state index is 0.101. The van der Waals surface area contributed by atoms with Gasteiger partial charge in [0.1, 0.15) is 17.2 Å². The molecule has 0 fully saturated rings. The number of carbonyl (C=O) groups excluding carboxylic acids is 1. The van der Waals surface area contributed by atoms with Gasteiger partial charge in [0.15, 0.2) is 5.78 Å². The molecule has 3 rings (SSSR count). The molecule has 0 radical (unpaired) electrons. The molecule has 0 saturated heterocycles. The van der Waals surface area contributed by atoms with Crippen LogP contribution in [-0.4, -0.2) is 24.9 Å². The number of hydrogen-bond acceptors (Lipinski definition) is 6. The van der Waals surface area contributed by atoms with Gasteiger partial charge in [-0.05, 0) is 66.2 Å². The SMILES string of the molecule is COc1ccc(Oc2ccc(C=CC(=O)c3ccc(OC)cc3)cc2[N+](=O)[O-])cc1. The normalized spacial score (nSPS) is 10.6. The van der Waals surface area contributed by atoms with Crippen LogP contribution in [-0.2, 0) is 0 Å². The first-order valence-electron chi connectivity index (χ1n) is 8.97. The summed E-state index contributed by atoms with van der Waals surface area (Å²) in [4.78, 5) is 23.3. The smallest absolute Gasteiger partial charge is 0.312 e. The minimum atomic E-state index is -0.526. The van der Waals surface area contributed by atoms with E-state index in [0.717, 1.165) is 0 Å². The van der Waals surface area contributed by atoms with Gasteiger partial charge in [-0.15, -0.1) is 0 Å². The van der Waals surface area contributed by atoms with Gasteiger partial charge in [-0.2, -0.15) is 0 Å². The number of benzene rings is 3. The molecule has 0 bridgehead atoms. The summed E-state index contributed by atoms with van der Waals surface area (Å²) in [6, 6.07) is 17.9. The van der Waals surface area contributed by atoms with Crippen molar-refractivity contribution in [1.82, 2.24) is 0 Å². The van der Waals surface area contributed by atoms with E-state index >= 15 is 0 Å². The fraction of sp³-hybridized carbons (Fsp3) is 0.0870. The van der Waals surface area contributed by atoms with Gasteiger partial charge >= 0.3 is 5.69 Å². The first kappa shape index (κ1) is 20.6. The van der Waals surface area contributed by atoms with E-state index in [1.807, 2.05) is 0 Å². The molecule has 0 unspecified atom stereocenters. The van der Waals surface area contributed by atoms with Crippen molar-refractivity contribution < 1.29 is 23.9 Å². The van der Waals surface area contributed by atoms with Crippen LogP contribution in [0.2, 0.25) is 0 Å². The zero-order chi connectivity index (χ0) is 21.5. The highest BCUT2D eigenvalue weighted by molar-refractivity contribution is 6.06. The summed E-state index contributed by atoms with van der Waals surface area (Å²) in [5.41, 5.74) is 0.788. The Hall–Kier alpha value is -4.13. The molecule has 3 aromatic carbocycles. The lowest BCUT2D eigenvalue weighted by Crippen LogP contribution is -1.95. The highest BCUT2D eigenvalue weighted by Gasteiger charge is 2.16. The lowest BCUT2D eigenvalue weighted by atomic mass is 10.1. The molecule has 7 heteroatoms. The highest BCUT2D eigenvalue weighted by atomic mass is 16.6. The summed E-state index contributed by atoms with van der Waals surface area (Å²) in [5, 5.41) is 11.5. The van der Waals surface area contributed by atoms with Gasteiger partial charge in [-0.1, -0.05) is 12.1 Å². The standard InChI is InChI=1S/C23H19NO6/c1-28-18-7-5-17(6-8-18)22(25)13-3-16-4-14-23(21(15-16)24(26)27)30-20-11-9-19(29-2)10-12-20/h3-15H,1-2H3. The lowest BCUT2D eigenvalue weighted by Gasteiger charge is -2.08. The number of allylic oxidation sites excluding steroid dienone is 1. The molecular formula is C23H19NO6. The van der Waals surface area contributed by atoms with E-state index in [-0.39, 0.29) is 17.2 Å². The molecule has 0 aromatic heterocycles. The number of methoxy groups -OCH3 is 2. The van der Waals surface area contributed by atoms with E-state index in [1.54, 1.807) is 68.8 Å². The molecule has 0 N–H and O–H groups in total. The van der Waals surface area contributed by atoms with Crippen molar-refractivity contribution in [2.75, 3.05) is 14.2 Å². The third-order valence-corrected chi connectivity index (χ3v) is 4.27. The maximum atomic E-state index is 12.3. The van der Waals surface area contributed by atoms with Crippen LogP contribution in [0.3, 0.4) is 0 Å². The van der Waals surface area contributed by atoms with E-state index in [0.29, 0.717) is 28.4 Å². The zero-order valence-corrected chi connectivity index (χ0v) is 16.4. The Labute approximate surface area is 173 Å². The fourth-order valence-electron chi connectivity index (χ4n) is 2.66. The topological polar surface area (TPSA) is 87.9 Å². The van der Waals surface area contributed by atoms with Gasteiger partial charge in [-0.3, -0.25) is 14.9 Å². The summed E-state index contributed by atoms with van der Waals surface area (Å²) in [5.74, 6) is 1.62. The molecule has 0 amide bonds. The van der Waals surface area contributed by atoms with Gasteiger partial charge in [0.05, 0.1) is 19.1 Å². The molecular weight excluding hydrogens is 386 g/mol. The van der Waals surface area contributed by atoms with Gasteiger partial charge in [0.2, 0.25) is 5.75 Å². The number of nitrogens with zero attached hydrogens (tertiary/aromatic N) is 1. The number of nitro benzene ring substituents is 1. The van der Waals surface area contributed by atoms with Crippen molar-refractivity contribution >= 4 is 17.5 Å². The van der Waals surface area contributed by atoms with E-state index < -0.39 is 4.92 Å². The lowest BCUT2D eigenvalue weighted by molar-refractivity contribution is -0.385. The van der Waals surface area contributed by atoms with Crippen molar-refractivity contribution in [1.29, 1.82) is 0 Å². The maximum Gasteiger partial charge on any atom is 0.312 e. The largest absolute Gasteiger partial charge is 0.497 e. The minimum Gasteiger partial charge on any atom is -0.497 e. The number of hydrogen-bond donors (Lipinski definition) is 0. The first-order chi connectivity index (χ1) is 14.5. The van der Waals surface area contributed by atoms with Crippen molar-refractivity contribution in [2.24, 2.45) is 0 Å². The Morgan fingerprint density at radius 2 is 1.43 bits per heavy atom. The van der Waals surface area contributed by atoms with Crippen LogP contribution in [0.5, 0.6) is 23.0 Å². The summed E-state index contributed by atoms with van der Waals surface area (Å²) >= 11 is 0. The molecule has 152 valence electrons.